The topological polar surface area (TPSA) is 79.7 Å². The highest BCUT2D eigenvalue weighted by Gasteiger charge is 2.47. The number of ketones is 1. The number of hydrogen-bond donors (Lipinski definition) is 1. The largest absolute Gasteiger partial charge is 0.507 e. The van der Waals surface area contributed by atoms with Gasteiger partial charge in [-0.05, 0) is 61.9 Å². The molecule has 2 heterocycles. The van der Waals surface area contributed by atoms with Gasteiger partial charge >= 0.3 is 0 Å². The minimum Gasteiger partial charge on any atom is -0.507 e. The number of pyridine rings is 1. The first kappa shape index (κ1) is 21.6. The maximum absolute atomic E-state index is 13.1. The summed E-state index contributed by atoms with van der Waals surface area (Å²) >= 11 is 6.01. The number of aromatic nitrogens is 1. The van der Waals surface area contributed by atoms with Gasteiger partial charge in [0.15, 0.2) is 0 Å². The Bertz CT molecular complexity index is 1190. The van der Waals surface area contributed by atoms with Gasteiger partial charge in [-0.1, -0.05) is 29.8 Å². The van der Waals surface area contributed by atoms with E-state index in [0.717, 1.165) is 0 Å². The van der Waals surface area contributed by atoms with Crippen LogP contribution in [0.3, 0.4) is 0 Å². The highest BCUT2D eigenvalue weighted by Crippen LogP contribution is 2.42. The number of Topliss-reactive ketones (excluding diaryl/α,β-unsaturated/α-hetero) is 1. The summed E-state index contributed by atoms with van der Waals surface area (Å²) in [7, 11) is 0. The molecule has 1 aliphatic heterocycles. The maximum Gasteiger partial charge on any atom is 0.300 e. The molecule has 0 aliphatic carbocycles. The Balaban J connectivity index is 1.89. The summed E-state index contributed by atoms with van der Waals surface area (Å²) in [6.45, 7) is 3.79. The Morgan fingerprint density at radius 2 is 1.84 bits per heavy atom. The number of aliphatic hydroxyl groups is 1. The van der Waals surface area contributed by atoms with E-state index in [1.165, 1.54) is 4.90 Å². The third kappa shape index (κ3) is 4.09. The van der Waals surface area contributed by atoms with Gasteiger partial charge < -0.3 is 9.84 Å². The number of benzene rings is 2. The van der Waals surface area contributed by atoms with Crippen molar-refractivity contribution < 1.29 is 19.4 Å². The molecule has 1 fully saturated rings. The standard InChI is InChI=1S/C25H21ClN2O4/c1-15(2)32-20-7-3-5-16(13-20)23(29)21-22(17-6-4-12-27-14-17)28(25(31)24(21)30)19-10-8-18(26)9-11-19/h3-15,22,29H,1-2H3/b23-21-. The minimum atomic E-state index is -0.848. The second kappa shape index (κ2) is 8.85. The van der Waals surface area contributed by atoms with E-state index in [1.54, 1.807) is 73.1 Å². The third-order valence-electron chi connectivity index (χ3n) is 5.03. The van der Waals surface area contributed by atoms with Crippen LogP contribution in [-0.4, -0.2) is 27.9 Å². The molecule has 0 bridgehead atoms. The monoisotopic (exact) mass is 448 g/mol. The number of halogens is 1. The smallest absolute Gasteiger partial charge is 0.300 e. The van der Waals surface area contributed by atoms with Gasteiger partial charge in [-0.2, -0.15) is 0 Å². The van der Waals surface area contributed by atoms with E-state index >= 15 is 0 Å². The number of nitrogens with zero attached hydrogens (tertiary/aromatic N) is 2. The molecule has 7 heteroatoms. The summed E-state index contributed by atoms with van der Waals surface area (Å²) in [5.74, 6) is -1.24. The summed E-state index contributed by atoms with van der Waals surface area (Å²) < 4.78 is 5.71. The Labute approximate surface area is 190 Å². The van der Waals surface area contributed by atoms with Gasteiger partial charge in [0.05, 0.1) is 17.7 Å². The zero-order valence-corrected chi connectivity index (χ0v) is 18.3. The minimum absolute atomic E-state index is 0.0142. The van der Waals surface area contributed by atoms with Crippen molar-refractivity contribution in [3.63, 3.8) is 0 Å². The van der Waals surface area contributed by atoms with Gasteiger partial charge in [-0.15, -0.1) is 0 Å². The molecular formula is C25H21ClN2O4. The average Bonchev–Trinajstić information content (AvgIpc) is 3.05. The summed E-state index contributed by atoms with van der Waals surface area (Å²) in [5.41, 5.74) is 1.45. The van der Waals surface area contributed by atoms with E-state index in [4.69, 9.17) is 16.3 Å². The lowest BCUT2D eigenvalue weighted by Crippen LogP contribution is -2.29. The fourth-order valence-corrected chi connectivity index (χ4v) is 3.82. The zero-order chi connectivity index (χ0) is 22.8. The molecule has 1 aromatic heterocycles. The van der Waals surface area contributed by atoms with E-state index in [-0.39, 0.29) is 17.4 Å². The molecule has 0 saturated carbocycles. The van der Waals surface area contributed by atoms with E-state index in [0.29, 0.717) is 27.6 Å². The molecule has 32 heavy (non-hydrogen) atoms. The molecule has 1 saturated heterocycles. The van der Waals surface area contributed by atoms with E-state index in [2.05, 4.69) is 4.98 Å². The van der Waals surface area contributed by atoms with Crippen molar-refractivity contribution in [3.05, 3.63) is 94.8 Å². The molecule has 0 spiro atoms. The molecule has 1 atom stereocenters. The Morgan fingerprint density at radius 3 is 2.50 bits per heavy atom. The van der Waals surface area contributed by atoms with E-state index in [9.17, 15) is 14.7 Å². The highest BCUT2D eigenvalue weighted by atomic mass is 35.5. The lowest BCUT2D eigenvalue weighted by molar-refractivity contribution is -0.132. The predicted molar refractivity (Wildman–Crippen MR) is 123 cm³/mol. The highest BCUT2D eigenvalue weighted by molar-refractivity contribution is 6.51. The molecule has 4 rings (SSSR count). The first-order chi connectivity index (χ1) is 15.4. The van der Waals surface area contributed by atoms with E-state index < -0.39 is 17.7 Å². The van der Waals surface area contributed by atoms with Crippen molar-refractivity contribution in [1.29, 1.82) is 0 Å². The molecule has 2 aromatic carbocycles. The van der Waals surface area contributed by atoms with Crippen molar-refractivity contribution >= 4 is 34.7 Å². The Morgan fingerprint density at radius 1 is 1.09 bits per heavy atom. The average molecular weight is 449 g/mol. The molecular weight excluding hydrogens is 428 g/mol. The van der Waals surface area contributed by atoms with Gasteiger partial charge in [0, 0.05) is 28.7 Å². The van der Waals surface area contributed by atoms with Crippen LogP contribution in [0.5, 0.6) is 5.75 Å². The summed E-state index contributed by atoms with van der Waals surface area (Å²) in [4.78, 5) is 31.7. The first-order valence-electron chi connectivity index (χ1n) is 10.1. The Kier molecular flexibility index (Phi) is 5.97. The summed E-state index contributed by atoms with van der Waals surface area (Å²) in [5, 5.41) is 11.7. The fraction of sp³-hybridized carbons (Fsp3) is 0.160. The number of amides is 1. The molecule has 1 N–H and O–H groups in total. The second-order valence-corrected chi connectivity index (χ2v) is 8.06. The fourth-order valence-electron chi connectivity index (χ4n) is 3.70. The summed E-state index contributed by atoms with van der Waals surface area (Å²) in [6, 6.07) is 16.0. The lowest BCUT2D eigenvalue weighted by atomic mass is 9.96. The molecule has 3 aromatic rings. The SMILES string of the molecule is CC(C)Oc1cccc(/C(O)=C2/C(=O)C(=O)N(c3ccc(Cl)cc3)C2c2cccnc2)c1. The zero-order valence-electron chi connectivity index (χ0n) is 17.5. The number of carbonyl (C=O) groups is 2. The number of carbonyl (C=O) groups excluding carboxylic acids is 2. The van der Waals surface area contributed by atoms with Crippen molar-refractivity contribution in [2.75, 3.05) is 4.90 Å². The van der Waals surface area contributed by atoms with Crippen LogP contribution in [0.15, 0.2) is 78.6 Å². The van der Waals surface area contributed by atoms with Gasteiger partial charge in [0.25, 0.3) is 11.7 Å². The molecule has 0 radical (unpaired) electrons. The van der Waals surface area contributed by atoms with Crippen molar-refractivity contribution in [2.45, 2.75) is 26.0 Å². The van der Waals surface area contributed by atoms with Crippen LogP contribution in [0.25, 0.3) is 5.76 Å². The molecule has 6 nitrogen and oxygen atoms in total. The number of rotatable bonds is 5. The number of ether oxygens (including phenoxy) is 1. The van der Waals surface area contributed by atoms with Gasteiger partial charge in [-0.25, -0.2) is 0 Å². The maximum atomic E-state index is 13.1. The second-order valence-electron chi connectivity index (χ2n) is 7.63. The van der Waals surface area contributed by atoms with Crippen molar-refractivity contribution in [1.82, 2.24) is 4.98 Å². The first-order valence-corrected chi connectivity index (χ1v) is 10.5. The normalized spacial score (nSPS) is 17.8. The van der Waals surface area contributed by atoms with E-state index in [1.807, 2.05) is 13.8 Å². The van der Waals surface area contributed by atoms with Crippen molar-refractivity contribution in [3.8, 4) is 5.75 Å². The van der Waals surface area contributed by atoms with Crippen molar-refractivity contribution in [2.24, 2.45) is 0 Å². The van der Waals surface area contributed by atoms with Crippen LogP contribution >= 0.6 is 11.6 Å². The predicted octanol–water partition coefficient (Wildman–Crippen LogP) is 5.15. The molecule has 1 amide bonds. The van der Waals surface area contributed by atoms with Gasteiger partial charge in [0.2, 0.25) is 0 Å². The number of aliphatic hydroxyl groups excluding tert-OH is 1. The summed E-state index contributed by atoms with van der Waals surface area (Å²) in [6.07, 6.45) is 3.12. The number of anilines is 1. The van der Waals surface area contributed by atoms with Crippen LogP contribution in [0.4, 0.5) is 5.69 Å². The Hall–Kier alpha value is -3.64. The van der Waals surface area contributed by atoms with Crippen LogP contribution in [-0.2, 0) is 9.59 Å². The number of hydrogen-bond acceptors (Lipinski definition) is 5. The molecule has 1 aliphatic rings. The molecule has 162 valence electrons. The third-order valence-corrected chi connectivity index (χ3v) is 5.28. The van der Waals surface area contributed by atoms with Crippen LogP contribution in [0.2, 0.25) is 5.02 Å². The van der Waals surface area contributed by atoms with Crippen LogP contribution in [0, 0.1) is 0 Å². The van der Waals surface area contributed by atoms with Gasteiger partial charge in [-0.3, -0.25) is 19.5 Å². The molecule has 1 unspecified atom stereocenters. The lowest BCUT2D eigenvalue weighted by Gasteiger charge is -2.25. The van der Waals surface area contributed by atoms with Crippen LogP contribution < -0.4 is 9.64 Å². The van der Waals surface area contributed by atoms with Crippen LogP contribution in [0.1, 0.15) is 31.0 Å². The quantitative estimate of drug-likeness (QED) is 0.332. The van der Waals surface area contributed by atoms with Gasteiger partial charge in [0.1, 0.15) is 11.5 Å².